The normalized spacial score (nSPS) is 12.0. The van der Waals surface area contributed by atoms with E-state index in [0.29, 0.717) is 13.2 Å². The number of hydrogen-bond donors (Lipinski definition) is 1. The Morgan fingerprint density at radius 2 is 2.29 bits per heavy atom. The summed E-state index contributed by atoms with van der Waals surface area (Å²) in [4.78, 5) is 0. The molecule has 0 saturated carbocycles. The van der Waals surface area contributed by atoms with Crippen molar-refractivity contribution in [3.63, 3.8) is 0 Å². The van der Waals surface area contributed by atoms with Gasteiger partial charge in [0.05, 0.1) is 12.2 Å². The fourth-order valence-electron chi connectivity index (χ4n) is 1.14. The average molecular weight is 197 g/mol. The van der Waals surface area contributed by atoms with Crippen LogP contribution in [0.25, 0.3) is 0 Å². The Labute approximate surface area is 85.0 Å². The van der Waals surface area contributed by atoms with Crippen molar-refractivity contribution in [1.82, 2.24) is 9.78 Å². The van der Waals surface area contributed by atoms with Gasteiger partial charge in [-0.25, -0.2) is 0 Å². The van der Waals surface area contributed by atoms with Crippen LogP contribution in [0.3, 0.4) is 0 Å². The highest BCUT2D eigenvalue weighted by atomic mass is 16.5. The molecule has 1 aromatic heterocycles. The summed E-state index contributed by atoms with van der Waals surface area (Å²) in [6, 6.07) is 2.00. The van der Waals surface area contributed by atoms with Gasteiger partial charge in [-0.3, -0.25) is 4.68 Å². The molecule has 0 amide bonds. The molecular weight excluding hydrogens is 178 g/mol. The Kier molecular flexibility index (Phi) is 3.66. The molecule has 1 aromatic rings. The number of nitrogens with two attached hydrogens (primary N) is 1. The Morgan fingerprint density at radius 1 is 1.57 bits per heavy atom. The second-order valence-electron chi connectivity index (χ2n) is 4.01. The van der Waals surface area contributed by atoms with Crippen LogP contribution in [-0.2, 0) is 18.2 Å². The highest BCUT2D eigenvalue weighted by molar-refractivity contribution is 4.99. The van der Waals surface area contributed by atoms with E-state index in [1.165, 1.54) is 5.69 Å². The third kappa shape index (κ3) is 3.12. The minimum Gasteiger partial charge on any atom is -0.374 e. The number of rotatable bonds is 5. The number of ether oxygens (including phenoxy) is 1. The maximum absolute atomic E-state index is 5.64. The van der Waals surface area contributed by atoms with Gasteiger partial charge in [0.15, 0.2) is 0 Å². The molecule has 14 heavy (non-hydrogen) atoms. The molecule has 0 saturated heterocycles. The van der Waals surface area contributed by atoms with Crippen LogP contribution in [0, 0.1) is 0 Å². The molecule has 0 bridgehead atoms. The van der Waals surface area contributed by atoms with Gasteiger partial charge in [0.1, 0.15) is 0 Å². The first-order valence-electron chi connectivity index (χ1n) is 4.86. The Morgan fingerprint density at radius 3 is 2.79 bits per heavy atom. The fraction of sp³-hybridized carbons (Fsp3) is 0.700. The van der Waals surface area contributed by atoms with Crippen molar-refractivity contribution in [2.45, 2.75) is 25.9 Å². The van der Waals surface area contributed by atoms with Crippen LogP contribution >= 0.6 is 0 Å². The molecule has 4 nitrogen and oxygen atoms in total. The van der Waals surface area contributed by atoms with Gasteiger partial charge in [-0.05, 0) is 19.9 Å². The smallest absolute Gasteiger partial charge is 0.0748 e. The molecule has 0 aliphatic rings. The van der Waals surface area contributed by atoms with E-state index >= 15 is 0 Å². The second kappa shape index (κ2) is 4.57. The molecule has 0 radical (unpaired) electrons. The summed E-state index contributed by atoms with van der Waals surface area (Å²) < 4.78 is 7.50. The van der Waals surface area contributed by atoms with E-state index in [1.807, 2.05) is 31.6 Å². The molecule has 1 rings (SSSR count). The van der Waals surface area contributed by atoms with Crippen LogP contribution in [0.4, 0.5) is 0 Å². The molecule has 0 aliphatic heterocycles. The van der Waals surface area contributed by atoms with Gasteiger partial charge in [0, 0.05) is 31.9 Å². The average Bonchev–Trinajstić information content (AvgIpc) is 2.52. The van der Waals surface area contributed by atoms with Crippen molar-refractivity contribution >= 4 is 0 Å². The lowest BCUT2D eigenvalue weighted by Gasteiger charge is -2.23. The molecule has 0 atom stereocenters. The van der Waals surface area contributed by atoms with E-state index in [0.717, 1.165) is 6.42 Å². The predicted molar refractivity (Wildman–Crippen MR) is 56.0 cm³/mol. The molecule has 80 valence electrons. The molecule has 0 spiro atoms. The minimum absolute atomic E-state index is 0.224. The molecular formula is C10H19N3O. The van der Waals surface area contributed by atoms with Gasteiger partial charge in [-0.15, -0.1) is 0 Å². The third-order valence-electron chi connectivity index (χ3n) is 2.27. The standard InChI is InChI=1S/C10H19N3O/c1-10(2,8-11)14-7-5-9-4-6-12-13(9)3/h4,6H,5,7-8,11H2,1-3H3. The Bertz CT molecular complexity index is 281. The molecule has 0 fully saturated rings. The first-order valence-corrected chi connectivity index (χ1v) is 4.86. The van der Waals surface area contributed by atoms with Crippen LogP contribution in [0.2, 0.25) is 0 Å². The van der Waals surface area contributed by atoms with Crippen LogP contribution in [0.15, 0.2) is 12.3 Å². The summed E-state index contributed by atoms with van der Waals surface area (Å²) in [5.74, 6) is 0. The zero-order chi connectivity index (χ0) is 10.6. The van der Waals surface area contributed by atoms with Crippen molar-refractivity contribution in [3.8, 4) is 0 Å². The van der Waals surface area contributed by atoms with Gasteiger partial charge >= 0.3 is 0 Å². The Hall–Kier alpha value is -0.870. The van der Waals surface area contributed by atoms with Crippen molar-refractivity contribution in [2.75, 3.05) is 13.2 Å². The van der Waals surface area contributed by atoms with Crippen molar-refractivity contribution in [3.05, 3.63) is 18.0 Å². The van der Waals surface area contributed by atoms with E-state index in [-0.39, 0.29) is 5.60 Å². The van der Waals surface area contributed by atoms with Gasteiger partial charge in [-0.1, -0.05) is 0 Å². The van der Waals surface area contributed by atoms with Crippen LogP contribution in [0.1, 0.15) is 19.5 Å². The lowest BCUT2D eigenvalue weighted by Crippen LogP contribution is -2.34. The summed E-state index contributed by atoms with van der Waals surface area (Å²) in [5.41, 5.74) is 6.51. The molecule has 2 N–H and O–H groups in total. The zero-order valence-electron chi connectivity index (χ0n) is 9.16. The first kappa shape index (κ1) is 11.2. The lowest BCUT2D eigenvalue weighted by molar-refractivity contribution is -0.00906. The maximum Gasteiger partial charge on any atom is 0.0748 e. The molecule has 0 aliphatic carbocycles. The van der Waals surface area contributed by atoms with Crippen LogP contribution < -0.4 is 5.73 Å². The third-order valence-corrected chi connectivity index (χ3v) is 2.27. The number of hydrogen-bond acceptors (Lipinski definition) is 3. The van der Waals surface area contributed by atoms with Crippen molar-refractivity contribution in [1.29, 1.82) is 0 Å². The van der Waals surface area contributed by atoms with E-state index in [2.05, 4.69) is 5.10 Å². The summed E-state index contributed by atoms with van der Waals surface area (Å²) in [5, 5.41) is 4.09. The summed E-state index contributed by atoms with van der Waals surface area (Å²) in [6.07, 6.45) is 2.67. The van der Waals surface area contributed by atoms with Crippen molar-refractivity contribution in [2.24, 2.45) is 12.8 Å². The monoisotopic (exact) mass is 197 g/mol. The summed E-state index contributed by atoms with van der Waals surface area (Å²) in [7, 11) is 1.93. The fourth-order valence-corrected chi connectivity index (χ4v) is 1.14. The first-order chi connectivity index (χ1) is 6.55. The summed E-state index contributed by atoms with van der Waals surface area (Å²) >= 11 is 0. The van der Waals surface area contributed by atoms with E-state index in [4.69, 9.17) is 10.5 Å². The lowest BCUT2D eigenvalue weighted by atomic mass is 10.1. The Balaban J connectivity index is 2.32. The largest absolute Gasteiger partial charge is 0.374 e. The minimum atomic E-state index is -0.224. The summed E-state index contributed by atoms with van der Waals surface area (Å²) in [6.45, 7) is 5.22. The second-order valence-corrected chi connectivity index (χ2v) is 4.01. The highest BCUT2D eigenvalue weighted by Crippen LogP contribution is 2.07. The number of aromatic nitrogens is 2. The van der Waals surface area contributed by atoms with Gasteiger partial charge in [0.2, 0.25) is 0 Å². The quantitative estimate of drug-likeness (QED) is 0.756. The SMILES string of the molecule is Cn1nccc1CCOC(C)(C)CN. The van der Waals surface area contributed by atoms with E-state index < -0.39 is 0 Å². The van der Waals surface area contributed by atoms with Gasteiger partial charge < -0.3 is 10.5 Å². The zero-order valence-corrected chi connectivity index (χ0v) is 9.16. The van der Waals surface area contributed by atoms with Gasteiger partial charge in [0.25, 0.3) is 0 Å². The molecule has 4 heteroatoms. The van der Waals surface area contributed by atoms with E-state index in [9.17, 15) is 0 Å². The molecule has 0 aromatic carbocycles. The maximum atomic E-state index is 5.64. The number of nitrogens with zero attached hydrogens (tertiary/aromatic N) is 2. The predicted octanol–water partition coefficient (Wildman–Crippen LogP) is 0.716. The van der Waals surface area contributed by atoms with E-state index in [1.54, 1.807) is 6.20 Å². The van der Waals surface area contributed by atoms with Gasteiger partial charge in [-0.2, -0.15) is 5.10 Å². The van der Waals surface area contributed by atoms with Crippen molar-refractivity contribution < 1.29 is 4.74 Å². The molecule has 1 heterocycles. The highest BCUT2D eigenvalue weighted by Gasteiger charge is 2.15. The topological polar surface area (TPSA) is 53.1 Å². The van der Waals surface area contributed by atoms with Crippen LogP contribution in [0.5, 0.6) is 0 Å². The number of aryl methyl sites for hydroxylation is 1. The molecule has 0 unspecified atom stereocenters. The van der Waals surface area contributed by atoms with Crippen LogP contribution in [-0.4, -0.2) is 28.5 Å².